The van der Waals surface area contributed by atoms with Crippen molar-refractivity contribution in [2.45, 2.75) is 25.3 Å². The molecule has 0 bridgehead atoms. The number of amides is 1. The van der Waals surface area contributed by atoms with Crippen LogP contribution < -0.4 is 14.8 Å². The van der Waals surface area contributed by atoms with Crippen LogP contribution in [0.1, 0.15) is 16.9 Å². The molecule has 2 aromatic carbocycles. The Kier molecular flexibility index (Phi) is 7.31. The number of carbonyl (C=O) groups is 1. The molecule has 0 fully saturated rings. The van der Waals surface area contributed by atoms with Gasteiger partial charge in [0.05, 0.1) is 24.7 Å². The van der Waals surface area contributed by atoms with Gasteiger partial charge in [-0.25, -0.2) is 0 Å². The van der Waals surface area contributed by atoms with Crippen LogP contribution in [0.4, 0.5) is 0 Å². The van der Waals surface area contributed by atoms with Crippen LogP contribution >= 0.6 is 11.8 Å². The largest absolute Gasteiger partial charge is 0.493 e. The Labute approximate surface area is 195 Å². The Balaban J connectivity index is 1.26. The van der Waals surface area contributed by atoms with Crippen LogP contribution in [0.15, 0.2) is 74.9 Å². The zero-order chi connectivity index (χ0) is 23.0. The molecule has 2 aromatic heterocycles. The lowest BCUT2D eigenvalue weighted by atomic mass is 10.2. The number of hydrogen-bond acceptors (Lipinski definition) is 8. The average molecular weight is 466 g/mol. The van der Waals surface area contributed by atoms with Crippen LogP contribution in [0.25, 0.3) is 11.5 Å². The molecule has 0 aliphatic heterocycles. The first-order valence-electron chi connectivity index (χ1n) is 10.2. The Hall–Kier alpha value is -3.72. The highest BCUT2D eigenvalue weighted by Gasteiger charge is 2.14. The lowest BCUT2D eigenvalue weighted by Gasteiger charge is -2.13. The summed E-state index contributed by atoms with van der Waals surface area (Å²) in [5.74, 6) is 2.32. The topological polar surface area (TPSA) is 99.6 Å². The lowest BCUT2D eigenvalue weighted by molar-refractivity contribution is -0.118. The van der Waals surface area contributed by atoms with E-state index in [-0.39, 0.29) is 11.7 Å². The minimum Gasteiger partial charge on any atom is -0.493 e. The highest BCUT2D eigenvalue weighted by molar-refractivity contribution is 7.99. The van der Waals surface area contributed by atoms with E-state index in [1.807, 2.05) is 55.5 Å². The average Bonchev–Trinajstić information content (AvgIpc) is 3.49. The Morgan fingerprint density at radius 2 is 1.91 bits per heavy atom. The van der Waals surface area contributed by atoms with Gasteiger partial charge in [-0.2, -0.15) is 0 Å². The number of nitrogens with one attached hydrogen (secondary N) is 1. The fourth-order valence-electron chi connectivity index (χ4n) is 3.04. The molecule has 1 amide bonds. The summed E-state index contributed by atoms with van der Waals surface area (Å²) >= 11 is 1.17. The van der Waals surface area contributed by atoms with E-state index >= 15 is 0 Å². The molecule has 0 atom stereocenters. The van der Waals surface area contributed by atoms with E-state index in [0.717, 1.165) is 16.7 Å². The molecular formula is C24H23N3O5S. The summed E-state index contributed by atoms with van der Waals surface area (Å²) in [7, 11) is 1.59. The molecule has 0 radical (unpaired) electrons. The van der Waals surface area contributed by atoms with Gasteiger partial charge in [0.1, 0.15) is 12.4 Å². The number of nitrogens with zero attached hydrogens (tertiary/aromatic N) is 2. The molecule has 0 unspecified atom stereocenters. The van der Waals surface area contributed by atoms with Crippen molar-refractivity contribution in [3.8, 4) is 23.0 Å². The highest BCUT2D eigenvalue weighted by atomic mass is 32.2. The van der Waals surface area contributed by atoms with Crippen LogP contribution in [0.2, 0.25) is 0 Å². The first kappa shape index (κ1) is 22.5. The maximum absolute atomic E-state index is 12.3. The molecule has 4 rings (SSSR count). The van der Waals surface area contributed by atoms with Crippen LogP contribution in [-0.4, -0.2) is 29.0 Å². The standard InChI is InChI=1S/C24H23N3O5S/c1-16-19(10-11-30-16)23-26-27-24(32-23)33-15-22(28)25-13-18-8-9-20(21(12-18)29-2)31-14-17-6-4-3-5-7-17/h3-12H,13-15H2,1-2H3,(H,25,28). The van der Waals surface area contributed by atoms with Crippen molar-refractivity contribution in [2.75, 3.05) is 12.9 Å². The second-order valence-corrected chi connectivity index (χ2v) is 8.02. The molecule has 9 heteroatoms. The third-order valence-corrected chi connectivity index (χ3v) is 5.60. The molecule has 0 aliphatic carbocycles. The fraction of sp³-hybridized carbons (Fsp3) is 0.208. The van der Waals surface area contributed by atoms with Crippen LogP contribution in [0.3, 0.4) is 0 Å². The van der Waals surface area contributed by atoms with Crippen LogP contribution in [0.5, 0.6) is 11.5 Å². The van der Waals surface area contributed by atoms with E-state index in [9.17, 15) is 4.79 Å². The summed E-state index contributed by atoms with van der Waals surface area (Å²) in [6.07, 6.45) is 1.56. The summed E-state index contributed by atoms with van der Waals surface area (Å²) in [4.78, 5) is 12.3. The second-order valence-electron chi connectivity index (χ2n) is 7.09. The van der Waals surface area contributed by atoms with E-state index < -0.39 is 0 Å². The number of thioether (sulfide) groups is 1. The summed E-state index contributed by atoms with van der Waals surface area (Å²) < 4.78 is 22.2. The van der Waals surface area contributed by atoms with Gasteiger partial charge < -0.3 is 23.6 Å². The van der Waals surface area contributed by atoms with Gasteiger partial charge in [0.2, 0.25) is 5.91 Å². The molecule has 170 valence electrons. The van der Waals surface area contributed by atoms with Gasteiger partial charge >= 0.3 is 0 Å². The molecule has 2 heterocycles. The number of carbonyl (C=O) groups excluding carboxylic acids is 1. The minimum atomic E-state index is -0.150. The van der Waals surface area contributed by atoms with E-state index in [1.54, 1.807) is 19.4 Å². The molecule has 0 aliphatic rings. The predicted octanol–water partition coefficient (Wildman–Crippen LogP) is 4.63. The third kappa shape index (κ3) is 5.95. The van der Waals surface area contributed by atoms with Gasteiger partial charge in [-0.15, -0.1) is 10.2 Å². The fourth-order valence-corrected chi connectivity index (χ4v) is 3.63. The van der Waals surface area contributed by atoms with Gasteiger partial charge in [0.15, 0.2) is 11.5 Å². The summed E-state index contributed by atoms with van der Waals surface area (Å²) in [6, 6.07) is 17.3. The number of furan rings is 1. The van der Waals surface area contributed by atoms with Crippen LogP contribution in [-0.2, 0) is 17.9 Å². The number of rotatable bonds is 10. The van der Waals surface area contributed by atoms with E-state index in [2.05, 4.69) is 15.5 Å². The summed E-state index contributed by atoms with van der Waals surface area (Å²) in [5, 5.41) is 11.2. The Morgan fingerprint density at radius 1 is 1.06 bits per heavy atom. The smallest absolute Gasteiger partial charge is 0.277 e. The number of methoxy groups -OCH3 is 1. The van der Waals surface area contributed by atoms with Crippen molar-refractivity contribution in [1.82, 2.24) is 15.5 Å². The molecule has 4 aromatic rings. The van der Waals surface area contributed by atoms with E-state index in [1.165, 1.54) is 11.8 Å². The molecular weight excluding hydrogens is 442 g/mol. The van der Waals surface area contributed by atoms with Crippen LogP contribution in [0, 0.1) is 6.92 Å². The monoisotopic (exact) mass is 465 g/mol. The van der Waals surface area contributed by atoms with Gasteiger partial charge in [0, 0.05) is 6.54 Å². The first-order chi connectivity index (χ1) is 16.1. The number of benzene rings is 2. The van der Waals surface area contributed by atoms with Gasteiger partial charge in [0.25, 0.3) is 11.1 Å². The van der Waals surface area contributed by atoms with Crippen molar-refractivity contribution in [3.05, 3.63) is 77.7 Å². The highest BCUT2D eigenvalue weighted by Crippen LogP contribution is 2.29. The number of aromatic nitrogens is 2. The van der Waals surface area contributed by atoms with E-state index in [0.29, 0.717) is 41.5 Å². The molecule has 0 saturated heterocycles. The minimum absolute atomic E-state index is 0.150. The molecule has 33 heavy (non-hydrogen) atoms. The summed E-state index contributed by atoms with van der Waals surface area (Å²) in [5.41, 5.74) is 2.71. The zero-order valence-electron chi connectivity index (χ0n) is 18.2. The maximum Gasteiger partial charge on any atom is 0.277 e. The zero-order valence-corrected chi connectivity index (χ0v) is 19.1. The van der Waals surface area contributed by atoms with Crippen molar-refractivity contribution in [3.63, 3.8) is 0 Å². The summed E-state index contributed by atoms with van der Waals surface area (Å²) in [6.45, 7) is 2.62. The number of aryl methyl sites for hydroxylation is 1. The van der Waals surface area contributed by atoms with Gasteiger partial charge in [-0.1, -0.05) is 48.2 Å². The molecule has 0 saturated carbocycles. The molecule has 0 spiro atoms. The number of hydrogen-bond donors (Lipinski definition) is 1. The number of ether oxygens (including phenoxy) is 2. The second kappa shape index (κ2) is 10.7. The normalized spacial score (nSPS) is 10.7. The van der Waals surface area contributed by atoms with Crippen molar-refractivity contribution in [1.29, 1.82) is 0 Å². The SMILES string of the molecule is COc1cc(CNC(=O)CSc2nnc(-c3ccoc3C)o2)ccc1OCc1ccccc1. The van der Waals surface area contributed by atoms with Gasteiger partial charge in [-0.3, -0.25) is 4.79 Å². The predicted molar refractivity (Wildman–Crippen MR) is 123 cm³/mol. The first-order valence-corrected chi connectivity index (χ1v) is 11.2. The van der Waals surface area contributed by atoms with Crippen molar-refractivity contribution in [2.24, 2.45) is 0 Å². The Morgan fingerprint density at radius 3 is 2.67 bits per heavy atom. The lowest BCUT2D eigenvalue weighted by Crippen LogP contribution is -2.24. The van der Waals surface area contributed by atoms with Crippen molar-refractivity contribution >= 4 is 17.7 Å². The Bertz CT molecular complexity index is 1210. The van der Waals surface area contributed by atoms with Gasteiger partial charge in [-0.05, 0) is 36.2 Å². The molecule has 8 nitrogen and oxygen atoms in total. The quantitative estimate of drug-likeness (QED) is 0.338. The van der Waals surface area contributed by atoms with Crippen molar-refractivity contribution < 1.29 is 23.1 Å². The van der Waals surface area contributed by atoms with E-state index in [4.69, 9.17) is 18.3 Å². The third-order valence-electron chi connectivity index (χ3n) is 4.78. The maximum atomic E-state index is 12.3. The molecule has 1 N–H and O–H groups in total.